The van der Waals surface area contributed by atoms with Gasteiger partial charge in [0.1, 0.15) is 16.8 Å². The molecule has 2 aliphatic rings. The number of hydroxylamine groups is 1. The van der Waals surface area contributed by atoms with Crippen molar-refractivity contribution < 1.29 is 18.0 Å². The lowest BCUT2D eigenvalue weighted by atomic mass is 10.0. The Hall–Kier alpha value is -1.82. The second-order valence-electron chi connectivity index (χ2n) is 7.89. The van der Waals surface area contributed by atoms with Gasteiger partial charge in [0.25, 0.3) is 11.5 Å². The summed E-state index contributed by atoms with van der Waals surface area (Å²) in [5, 5.41) is 11.9. The fraction of sp³-hybridized carbons (Fsp3) is 0.611. The van der Waals surface area contributed by atoms with Crippen molar-refractivity contribution in [3.05, 3.63) is 27.6 Å². The maximum atomic E-state index is 14.7. The molecule has 2 aromatic rings. The molecule has 0 bridgehead atoms. The minimum absolute atomic E-state index is 0.0412. The molecule has 164 valence electrons. The maximum Gasteiger partial charge on any atom is 0.271 e. The third-order valence-corrected chi connectivity index (χ3v) is 7.40. The molecular formula is C18H23ClFN5O4S. The number of rotatable bonds is 4. The lowest BCUT2D eigenvalue weighted by Crippen LogP contribution is -2.53. The van der Waals surface area contributed by atoms with Gasteiger partial charge in [-0.2, -0.15) is 9.29 Å². The van der Waals surface area contributed by atoms with Gasteiger partial charge in [0.2, 0.25) is 10.0 Å². The van der Waals surface area contributed by atoms with Gasteiger partial charge in [0.15, 0.2) is 0 Å². The second kappa shape index (κ2) is 8.03. The van der Waals surface area contributed by atoms with Crippen LogP contribution < -0.4 is 10.6 Å². The molecule has 9 nitrogen and oxygen atoms in total. The maximum absolute atomic E-state index is 14.7. The highest BCUT2D eigenvalue weighted by Crippen LogP contribution is 2.32. The summed E-state index contributed by atoms with van der Waals surface area (Å²) in [7, 11) is -3.51. The van der Waals surface area contributed by atoms with E-state index in [0.717, 1.165) is 36.2 Å². The molecule has 0 aromatic carbocycles. The average Bonchev–Trinajstić information content (AvgIpc) is 3.21. The van der Waals surface area contributed by atoms with Gasteiger partial charge in [-0.25, -0.2) is 22.9 Å². The molecule has 0 radical (unpaired) electrons. The van der Waals surface area contributed by atoms with Crippen LogP contribution in [0.15, 0.2) is 17.1 Å². The predicted octanol–water partition coefficient (Wildman–Crippen LogP) is 2.13. The van der Waals surface area contributed by atoms with Crippen molar-refractivity contribution in [2.45, 2.75) is 50.4 Å². The third kappa shape index (κ3) is 3.91. The van der Waals surface area contributed by atoms with Gasteiger partial charge < -0.3 is 0 Å². The summed E-state index contributed by atoms with van der Waals surface area (Å²) in [6.45, 7) is -0.270. The molecule has 0 spiro atoms. The van der Waals surface area contributed by atoms with Gasteiger partial charge in [-0.05, 0) is 25.3 Å². The topological polar surface area (TPSA) is 109 Å². The Morgan fingerprint density at radius 1 is 1.30 bits per heavy atom. The van der Waals surface area contributed by atoms with Gasteiger partial charge >= 0.3 is 0 Å². The SMILES string of the molecule is CS(=O)(=O)N1CC[C@H](N(O)c2ncc3cc(Cl)c(=O)n(C4CCCC4)c3n2)[C@H](F)C1. The van der Waals surface area contributed by atoms with E-state index >= 15 is 0 Å². The van der Waals surface area contributed by atoms with Crippen LogP contribution in [0.4, 0.5) is 10.3 Å². The Balaban J connectivity index is 1.69. The van der Waals surface area contributed by atoms with Gasteiger partial charge in [-0.1, -0.05) is 24.4 Å². The van der Waals surface area contributed by atoms with Crippen molar-refractivity contribution in [3.63, 3.8) is 0 Å². The summed E-state index contributed by atoms with van der Waals surface area (Å²) in [5.74, 6) is -0.142. The Kier molecular flexibility index (Phi) is 5.73. The molecule has 30 heavy (non-hydrogen) atoms. The number of halogens is 2. The smallest absolute Gasteiger partial charge is 0.271 e. The van der Waals surface area contributed by atoms with Crippen molar-refractivity contribution in [2.24, 2.45) is 0 Å². The zero-order valence-corrected chi connectivity index (χ0v) is 18.0. The molecule has 4 rings (SSSR count). The molecule has 0 unspecified atom stereocenters. The van der Waals surface area contributed by atoms with Gasteiger partial charge in [-0.15, -0.1) is 0 Å². The lowest BCUT2D eigenvalue weighted by Gasteiger charge is -2.36. The molecule has 1 N–H and O–H groups in total. The first-order chi connectivity index (χ1) is 14.2. The number of hydrogen-bond acceptors (Lipinski definition) is 7. The van der Waals surface area contributed by atoms with Crippen LogP contribution >= 0.6 is 11.6 Å². The molecule has 1 aliphatic heterocycles. The monoisotopic (exact) mass is 459 g/mol. The summed E-state index contributed by atoms with van der Waals surface area (Å²) >= 11 is 6.11. The summed E-state index contributed by atoms with van der Waals surface area (Å²) in [5.41, 5.74) is -0.0145. The summed E-state index contributed by atoms with van der Waals surface area (Å²) < 4.78 is 40.6. The number of pyridine rings is 1. The van der Waals surface area contributed by atoms with Gasteiger partial charge in [0.05, 0.1) is 12.3 Å². The van der Waals surface area contributed by atoms with Crippen molar-refractivity contribution in [2.75, 3.05) is 24.4 Å². The Labute approximate surface area is 178 Å². The number of aromatic nitrogens is 3. The fourth-order valence-corrected chi connectivity index (χ4v) is 5.34. The van der Waals surface area contributed by atoms with Crippen LogP contribution in [0.25, 0.3) is 11.0 Å². The Morgan fingerprint density at radius 2 is 2.00 bits per heavy atom. The molecule has 1 saturated heterocycles. The standard InChI is InChI=1S/C18H23ClFN5O4S/c1-30(28,29)23-7-6-15(14(20)10-23)25(27)18-21-9-11-8-13(19)17(26)24(16(11)22-18)12-4-2-3-5-12/h8-9,12,14-15,27H,2-7,10H2,1H3/t14-,15+/m1/s1. The fourth-order valence-electron chi connectivity index (χ4n) is 4.28. The second-order valence-corrected chi connectivity index (χ2v) is 10.3. The van der Waals surface area contributed by atoms with Gasteiger partial charge in [-0.3, -0.25) is 14.6 Å². The number of alkyl halides is 1. The summed E-state index contributed by atoms with van der Waals surface area (Å²) in [6, 6.07) is 0.443. The van der Waals surface area contributed by atoms with E-state index in [1.165, 1.54) is 12.3 Å². The van der Waals surface area contributed by atoms with E-state index in [9.17, 15) is 22.8 Å². The number of piperidine rings is 1. The molecule has 3 heterocycles. The quantitative estimate of drug-likeness (QED) is 0.697. The van der Waals surface area contributed by atoms with E-state index in [1.54, 1.807) is 4.57 Å². The summed E-state index contributed by atoms with van der Waals surface area (Å²) in [6.07, 6.45) is 4.56. The van der Waals surface area contributed by atoms with Gasteiger partial charge in [0, 0.05) is 30.7 Å². The third-order valence-electron chi connectivity index (χ3n) is 5.86. The molecule has 2 atom stereocenters. The largest absolute Gasteiger partial charge is 0.288 e. The van der Waals surface area contributed by atoms with E-state index in [0.29, 0.717) is 16.1 Å². The Bertz CT molecular complexity index is 1120. The number of anilines is 1. The number of hydrogen-bond donors (Lipinski definition) is 1. The number of fused-ring (bicyclic) bond motifs is 1. The van der Waals surface area contributed by atoms with Crippen LogP contribution in [-0.4, -0.2) is 64.0 Å². The van der Waals surface area contributed by atoms with Crippen LogP contribution in [0.3, 0.4) is 0 Å². The normalized spacial score (nSPS) is 23.9. The molecule has 1 saturated carbocycles. The number of nitrogens with zero attached hydrogens (tertiary/aromatic N) is 5. The zero-order chi connectivity index (χ0) is 21.6. The van der Waals surface area contributed by atoms with E-state index in [1.807, 2.05) is 0 Å². The van der Waals surface area contributed by atoms with E-state index in [-0.39, 0.29) is 42.1 Å². The Morgan fingerprint density at radius 3 is 2.63 bits per heavy atom. The molecule has 2 aromatic heterocycles. The average molecular weight is 460 g/mol. The van der Waals surface area contributed by atoms with E-state index in [4.69, 9.17) is 11.6 Å². The summed E-state index contributed by atoms with van der Waals surface area (Å²) in [4.78, 5) is 21.2. The minimum Gasteiger partial charge on any atom is -0.288 e. The predicted molar refractivity (Wildman–Crippen MR) is 110 cm³/mol. The van der Waals surface area contributed by atoms with Crippen molar-refractivity contribution in [1.29, 1.82) is 0 Å². The minimum atomic E-state index is -3.51. The number of sulfonamides is 1. The van der Waals surface area contributed by atoms with Crippen LogP contribution in [0.2, 0.25) is 5.02 Å². The molecule has 12 heteroatoms. The van der Waals surface area contributed by atoms with Crippen molar-refractivity contribution >= 4 is 38.6 Å². The molecule has 2 fully saturated rings. The zero-order valence-electron chi connectivity index (χ0n) is 16.4. The first-order valence-corrected chi connectivity index (χ1v) is 12.0. The van der Waals surface area contributed by atoms with Crippen molar-refractivity contribution in [1.82, 2.24) is 18.8 Å². The lowest BCUT2D eigenvalue weighted by molar-refractivity contribution is 0.100. The highest BCUT2D eigenvalue weighted by molar-refractivity contribution is 7.88. The van der Waals surface area contributed by atoms with Crippen molar-refractivity contribution in [3.8, 4) is 0 Å². The van der Waals surface area contributed by atoms with Crippen LogP contribution in [-0.2, 0) is 10.0 Å². The highest BCUT2D eigenvalue weighted by atomic mass is 35.5. The first kappa shape index (κ1) is 21.4. The van der Waals surface area contributed by atoms with Crippen LogP contribution in [0.1, 0.15) is 38.1 Å². The van der Waals surface area contributed by atoms with Crippen LogP contribution in [0.5, 0.6) is 0 Å². The van der Waals surface area contributed by atoms with E-state index < -0.39 is 22.2 Å². The highest BCUT2D eigenvalue weighted by Gasteiger charge is 2.37. The van der Waals surface area contributed by atoms with Crippen LogP contribution in [0, 0.1) is 0 Å². The molecule has 1 aliphatic carbocycles. The first-order valence-electron chi connectivity index (χ1n) is 9.82. The van der Waals surface area contributed by atoms with E-state index in [2.05, 4.69) is 9.97 Å². The molecule has 0 amide bonds. The molecular weight excluding hydrogens is 437 g/mol.